The summed E-state index contributed by atoms with van der Waals surface area (Å²) in [5.74, 6) is -0.296. The molecule has 142 valence electrons. The first kappa shape index (κ1) is 18.4. The van der Waals surface area contributed by atoms with Crippen LogP contribution >= 0.6 is 0 Å². The average molecular weight is 363 g/mol. The number of furan rings is 1. The van der Waals surface area contributed by atoms with Gasteiger partial charge in [0.2, 0.25) is 11.8 Å². The molecule has 26 heavy (non-hydrogen) atoms. The van der Waals surface area contributed by atoms with Crippen molar-refractivity contribution in [2.75, 3.05) is 46.4 Å². The van der Waals surface area contributed by atoms with Gasteiger partial charge in [0, 0.05) is 46.4 Å². The molecule has 8 nitrogen and oxygen atoms in total. The molecule has 2 heterocycles. The van der Waals surface area contributed by atoms with Gasteiger partial charge >= 0.3 is 0 Å². The molecule has 8 heteroatoms. The van der Waals surface area contributed by atoms with Gasteiger partial charge in [0.1, 0.15) is 0 Å². The van der Waals surface area contributed by atoms with E-state index in [-0.39, 0.29) is 29.6 Å². The van der Waals surface area contributed by atoms with Crippen LogP contribution in [0.5, 0.6) is 0 Å². The minimum absolute atomic E-state index is 0.0205. The summed E-state index contributed by atoms with van der Waals surface area (Å²) in [6, 6.07) is 3.32. The Bertz CT molecular complexity index is 637. The normalized spacial score (nSPS) is 22.2. The highest BCUT2D eigenvalue weighted by Crippen LogP contribution is 2.40. The predicted molar refractivity (Wildman–Crippen MR) is 92.3 cm³/mol. The van der Waals surface area contributed by atoms with Crippen molar-refractivity contribution in [3.63, 3.8) is 0 Å². The minimum atomic E-state index is -0.218. The number of ether oxygens (including phenoxy) is 1. The van der Waals surface area contributed by atoms with Crippen molar-refractivity contribution in [2.24, 2.45) is 11.8 Å². The standard InChI is InChI=1S/C18H25N3O5/c1-25-10-3-5-19-16(22)13-12-14(13)17(23)20-6-8-21(9-7-20)18(24)15-4-2-11-26-15/h2,4,11,13-14H,3,5-10,12H2,1H3,(H,19,22). The van der Waals surface area contributed by atoms with Crippen molar-refractivity contribution in [1.82, 2.24) is 15.1 Å². The molecular weight excluding hydrogens is 338 g/mol. The molecule has 1 aliphatic carbocycles. The summed E-state index contributed by atoms with van der Waals surface area (Å²) in [5, 5.41) is 2.85. The second kappa shape index (κ2) is 8.35. The van der Waals surface area contributed by atoms with Crippen LogP contribution in [0.25, 0.3) is 0 Å². The maximum Gasteiger partial charge on any atom is 0.289 e. The lowest BCUT2D eigenvalue weighted by atomic mass is 10.2. The Kier molecular flexibility index (Phi) is 5.92. The van der Waals surface area contributed by atoms with E-state index in [1.54, 1.807) is 29.0 Å². The molecule has 1 aromatic rings. The van der Waals surface area contributed by atoms with Crippen LogP contribution < -0.4 is 5.32 Å². The second-order valence-corrected chi connectivity index (χ2v) is 6.68. The monoisotopic (exact) mass is 363 g/mol. The number of carbonyl (C=O) groups is 3. The number of carbonyl (C=O) groups excluding carboxylic acids is 3. The molecule has 2 fully saturated rings. The van der Waals surface area contributed by atoms with Gasteiger partial charge in [-0.2, -0.15) is 0 Å². The molecule has 1 saturated carbocycles. The van der Waals surface area contributed by atoms with E-state index in [1.165, 1.54) is 6.26 Å². The van der Waals surface area contributed by atoms with E-state index in [2.05, 4.69) is 5.32 Å². The molecule has 0 aromatic carbocycles. The first-order valence-corrected chi connectivity index (χ1v) is 9.00. The third-order valence-electron chi connectivity index (χ3n) is 4.88. The number of rotatable bonds is 7. The molecular formula is C18H25N3O5. The summed E-state index contributed by atoms with van der Waals surface area (Å²) in [7, 11) is 1.62. The summed E-state index contributed by atoms with van der Waals surface area (Å²) in [6.45, 7) is 3.11. The van der Waals surface area contributed by atoms with Gasteiger partial charge in [-0.3, -0.25) is 14.4 Å². The second-order valence-electron chi connectivity index (χ2n) is 6.68. The Morgan fingerprint density at radius 3 is 2.58 bits per heavy atom. The third kappa shape index (κ3) is 4.24. The molecule has 1 saturated heterocycles. The zero-order valence-corrected chi connectivity index (χ0v) is 15.0. The topological polar surface area (TPSA) is 92.1 Å². The smallest absolute Gasteiger partial charge is 0.289 e. The SMILES string of the molecule is COCCCNC(=O)C1CC1C(=O)N1CCN(C(=O)c2ccco2)CC1. The van der Waals surface area contributed by atoms with Crippen molar-refractivity contribution in [1.29, 1.82) is 0 Å². The Morgan fingerprint density at radius 1 is 1.19 bits per heavy atom. The largest absolute Gasteiger partial charge is 0.459 e. The quantitative estimate of drug-likeness (QED) is 0.706. The van der Waals surface area contributed by atoms with Crippen molar-refractivity contribution in [3.05, 3.63) is 24.2 Å². The number of amides is 3. The van der Waals surface area contributed by atoms with E-state index < -0.39 is 0 Å². The molecule has 2 aliphatic rings. The van der Waals surface area contributed by atoms with E-state index in [4.69, 9.17) is 9.15 Å². The molecule has 1 aliphatic heterocycles. The highest BCUT2D eigenvalue weighted by molar-refractivity contribution is 5.93. The summed E-state index contributed by atoms with van der Waals surface area (Å²) in [4.78, 5) is 40.3. The van der Waals surface area contributed by atoms with Gasteiger partial charge in [0.15, 0.2) is 5.76 Å². The van der Waals surface area contributed by atoms with Gasteiger partial charge in [-0.1, -0.05) is 0 Å². The molecule has 2 unspecified atom stereocenters. The number of methoxy groups -OCH3 is 1. The lowest BCUT2D eigenvalue weighted by Crippen LogP contribution is -2.51. The molecule has 0 bridgehead atoms. The van der Waals surface area contributed by atoms with E-state index in [0.29, 0.717) is 51.5 Å². The fourth-order valence-corrected chi connectivity index (χ4v) is 3.24. The van der Waals surface area contributed by atoms with Crippen LogP contribution in [0.1, 0.15) is 23.4 Å². The summed E-state index contributed by atoms with van der Waals surface area (Å²) in [6.07, 6.45) is 2.85. The molecule has 0 spiro atoms. The van der Waals surface area contributed by atoms with Crippen LogP contribution in [0.3, 0.4) is 0 Å². The number of hydrogen-bond acceptors (Lipinski definition) is 5. The van der Waals surface area contributed by atoms with E-state index in [9.17, 15) is 14.4 Å². The number of nitrogens with one attached hydrogen (secondary N) is 1. The highest BCUT2D eigenvalue weighted by Gasteiger charge is 2.49. The summed E-state index contributed by atoms with van der Waals surface area (Å²) >= 11 is 0. The zero-order chi connectivity index (χ0) is 18.5. The van der Waals surface area contributed by atoms with Gasteiger partial charge < -0.3 is 24.3 Å². The van der Waals surface area contributed by atoms with Gasteiger partial charge in [0.25, 0.3) is 5.91 Å². The highest BCUT2D eigenvalue weighted by atomic mass is 16.5. The molecule has 1 N–H and O–H groups in total. The number of nitrogens with zero attached hydrogens (tertiary/aromatic N) is 2. The van der Waals surface area contributed by atoms with Crippen LogP contribution in [0, 0.1) is 11.8 Å². The van der Waals surface area contributed by atoms with Crippen LogP contribution in [0.2, 0.25) is 0 Å². The molecule has 3 rings (SSSR count). The number of piperazine rings is 1. The first-order chi connectivity index (χ1) is 12.6. The number of hydrogen-bond donors (Lipinski definition) is 1. The van der Waals surface area contributed by atoms with Gasteiger partial charge in [-0.05, 0) is 25.0 Å². The van der Waals surface area contributed by atoms with E-state index >= 15 is 0 Å². The van der Waals surface area contributed by atoms with Crippen LogP contribution in [0.4, 0.5) is 0 Å². The Hall–Kier alpha value is -2.35. The maximum atomic E-state index is 12.6. The molecule has 2 atom stereocenters. The van der Waals surface area contributed by atoms with Crippen molar-refractivity contribution in [2.45, 2.75) is 12.8 Å². The van der Waals surface area contributed by atoms with Gasteiger partial charge in [0.05, 0.1) is 18.1 Å². The third-order valence-corrected chi connectivity index (χ3v) is 4.88. The lowest BCUT2D eigenvalue weighted by Gasteiger charge is -2.34. The predicted octanol–water partition coefficient (Wildman–Crippen LogP) is 0.353. The van der Waals surface area contributed by atoms with Crippen molar-refractivity contribution >= 4 is 17.7 Å². The van der Waals surface area contributed by atoms with E-state index in [0.717, 1.165) is 6.42 Å². The Labute approximate surface area is 152 Å². The fraction of sp³-hybridized carbons (Fsp3) is 0.611. The van der Waals surface area contributed by atoms with Gasteiger partial charge in [-0.15, -0.1) is 0 Å². The molecule has 1 aromatic heterocycles. The van der Waals surface area contributed by atoms with Crippen LogP contribution in [-0.4, -0.2) is 74.0 Å². The van der Waals surface area contributed by atoms with Crippen LogP contribution in [-0.2, 0) is 14.3 Å². The Balaban J connectivity index is 1.40. The first-order valence-electron chi connectivity index (χ1n) is 9.00. The van der Waals surface area contributed by atoms with E-state index in [1.807, 2.05) is 0 Å². The summed E-state index contributed by atoms with van der Waals surface area (Å²) in [5.41, 5.74) is 0. The average Bonchev–Trinajstić information content (AvgIpc) is 3.28. The summed E-state index contributed by atoms with van der Waals surface area (Å²) < 4.78 is 10.1. The lowest BCUT2D eigenvalue weighted by molar-refractivity contribution is -0.136. The zero-order valence-electron chi connectivity index (χ0n) is 15.0. The fourth-order valence-electron chi connectivity index (χ4n) is 3.24. The van der Waals surface area contributed by atoms with Crippen molar-refractivity contribution < 1.29 is 23.5 Å². The Morgan fingerprint density at radius 2 is 1.92 bits per heavy atom. The van der Waals surface area contributed by atoms with Crippen LogP contribution in [0.15, 0.2) is 22.8 Å². The molecule has 0 radical (unpaired) electrons. The maximum absolute atomic E-state index is 12.6. The van der Waals surface area contributed by atoms with Gasteiger partial charge in [-0.25, -0.2) is 0 Å². The van der Waals surface area contributed by atoms with Crippen molar-refractivity contribution in [3.8, 4) is 0 Å². The minimum Gasteiger partial charge on any atom is -0.459 e. The molecule has 3 amide bonds.